The number of rotatable bonds is 4. The maximum atomic E-state index is 12.6. The van der Waals surface area contributed by atoms with Crippen LogP contribution in [0.5, 0.6) is 0 Å². The van der Waals surface area contributed by atoms with Gasteiger partial charge in [0.1, 0.15) is 0 Å². The van der Waals surface area contributed by atoms with E-state index in [1.807, 2.05) is 31.2 Å². The zero-order valence-corrected chi connectivity index (χ0v) is 12.6. The summed E-state index contributed by atoms with van der Waals surface area (Å²) in [6.07, 6.45) is 0.680. The second kappa shape index (κ2) is 6.67. The summed E-state index contributed by atoms with van der Waals surface area (Å²) in [6, 6.07) is 7.43. The van der Waals surface area contributed by atoms with Crippen LogP contribution in [-0.2, 0) is 27.1 Å². The topological polar surface area (TPSA) is 72.6 Å². The highest BCUT2D eigenvalue weighted by molar-refractivity contribution is 7.88. The fourth-order valence-electron chi connectivity index (χ4n) is 2.39. The number of benzene rings is 1. The fourth-order valence-corrected chi connectivity index (χ4v) is 4.10. The van der Waals surface area contributed by atoms with Gasteiger partial charge in [-0.3, -0.25) is 0 Å². The Morgan fingerprint density at radius 2 is 2.05 bits per heavy atom. The van der Waals surface area contributed by atoms with E-state index in [2.05, 4.69) is 0 Å². The molecule has 20 heavy (non-hydrogen) atoms. The summed E-state index contributed by atoms with van der Waals surface area (Å²) in [5.74, 6) is 0.00704. The molecule has 0 radical (unpaired) electrons. The first-order valence-corrected chi connectivity index (χ1v) is 8.50. The molecule has 1 aliphatic rings. The molecular weight excluding hydrogens is 276 g/mol. The standard InChI is InChI=1S/C14H22N2O3S/c1-12-10-16(7-4-8-19-12)20(17,18)11-14-6-3-2-5-13(14)9-15/h2-3,5-6,12H,4,7-11,15H2,1H3. The molecule has 2 rings (SSSR count). The molecule has 0 saturated carbocycles. The van der Waals surface area contributed by atoms with Crippen LogP contribution in [0, 0.1) is 0 Å². The van der Waals surface area contributed by atoms with Gasteiger partial charge in [-0.2, -0.15) is 4.31 Å². The zero-order valence-electron chi connectivity index (χ0n) is 11.8. The summed E-state index contributed by atoms with van der Waals surface area (Å²) in [4.78, 5) is 0. The minimum atomic E-state index is -3.33. The Labute approximate surface area is 120 Å². The van der Waals surface area contributed by atoms with Crippen molar-refractivity contribution in [3.8, 4) is 0 Å². The van der Waals surface area contributed by atoms with Crippen molar-refractivity contribution in [2.24, 2.45) is 5.73 Å². The number of ether oxygens (including phenoxy) is 1. The Kier molecular flexibility index (Phi) is 5.15. The Morgan fingerprint density at radius 3 is 2.75 bits per heavy atom. The number of hydrogen-bond donors (Lipinski definition) is 1. The van der Waals surface area contributed by atoms with E-state index >= 15 is 0 Å². The van der Waals surface area contributed by atoms with Crippen LogP contribution in [0.1, 0.15) is 24.5 Å². The lowest BCUT2D eigenvalue weighted by Gasteiger charge is -2.22. The Hall–Kier alpha value is -0.950. The molecule has 0 aliphatic carbocycles. The predicted molar refractivity (Wildman–Crippen MR) is 78.6 cm³/mol. The van der Waals surface area contributed by atoms with Gasteiger partial charge in [0.25, 0.3) is 0 Å². The molecule has 0 spiro atoms. The summed E-state index contributed by atoms with van der Waals surface area (Å²) < 4.78 is 32.1. The number of nitrogens with zero attached hydrogens (tertiary/aromatic N) is 1. The molecule has 5 nitrogen and oxygen atoms in total. The Morgan fingerprint density at radius 1 is 1.35 bits per heavy atom. The van der Waals surface area contributed by atoms with Crippen LogP contribution < -0.4 is 5.73 Å². The first-order chi connectivity index (χ1) is 9.53. The summed E-state index contributed by atoms with van der Waals surface area (Å²) >= 11 is 0. The molecule has 1 aliphatic heterocycles. The van der Waals surface area contributed by atoms with Gasteiger partial charge in [-0.25, -0.2) is 8.42 Å². The molecule has 1 aromatic carbocycles. The molecule has 1 saturated heterocycles. The molecule has 0 amide bonds. The third-order valence-electron chi connectivity index (χ3n) is 3.48. The van der Waals surface area contributed by atoms with E-state index in [0.29, 0.717) is 26.2 Å². The van der Waals surface area contributed by atoms with Gasteiger partial charge in [-0.05, 0) is 24.5 Å². The molecular formula is C14H22N2O3S. The molecule has 6 heteroatoms. The van der Waals surface area contributed by atoms with Crippen LogP contribution in [-0.4, -0.2) is 38.5 Å². The van der Waals surface area contributed by atoms with Crippen LogP contribution in [0.25, 0.3) is 0 Å². The van der Waals surface area contributed by atoms with Gasteiger partial charge in [-0.15, -0.1) is 0 Å². The quantitative estimate of drug-likeness (QED) is 0.903. The lowest BCUT2D eigenvalue weighted by atomic mass is 10.1. The summed E-state index contributed by atoms with van der Waals surface area (Å²) in [6.45, 7) is 3.82. The van der Waals surface area contributed by atoms with E-state index in [1.54, 1.807) is 0 Å². The third kappa shape index (κ3) is 3.79. The normalized spacial score (nSPS) is 21.6. The first-order valence-electron chi connectivity index (χ1n) is 6.89. The van der Waals surface area contributed by atoms with Crippen LogP contribution in [0.2, 0.25) is 0 Å². The number of sulfonamides is 1. The molecule has 1 aromatic rings. The second-order valence-electron chi connectivity index (χ2n) is 5.12. The largest absolute Gasteiger partial charge is 0.377 e. The van der Waals surface area contributed by atoms with Gasteiger partial charge in [0.15, 0.2) is 0 Å². The molecule has 1 fully saturated rings. The van der Waals surface area contributed by atoms with Crippen molar-refractivity contribution >= 4 is 10.0 Å². The molecule has 0 aromatic heterocycles. The van der Waals surface area contributed by atoms with E-state index in [0.717, 1.165) is 17.5 Å². The first kappa shape index (κ1) is 15.4. The molecule has 112 valence electrons. The zero-order chi connectivity index (χ0) is 14.6. The van der Waals surface area contributed by atoms with Crippen LogP contribution in [0.3, 0.4) is 0 Å². The molecule has 1 unspecified atom stereocenters. The lowest BCUT2D eigenvalue weighted by Crippen LogP contribution is -2.36. The van der Waals surface area contributed by atoms with Crippen LogP contribution in [0.15, 0.2) is 24.3 Å². The van der Waals surface area contributed by atoms with Crippen molar-refractivity contribution in [2.45, 2.75) is 31.7 Å². The van der Waals surface area contributed by atoms with Gasteiger partial charge >= 0.3 is 0 Å². The maximum absolute atomic E-state index is 12.6. The van der Waals surface area contributed by atoms with Gasteiger partial charge < -0.3 is 10.5 Å². The van der Waals surface area contributed by atoms with Gasteiger partial charge in [-0.1, -0.05) is 24.3 Å². The monoisotopic (exact) mass is 298 g/mol. The van der Waals surface area contributed by atoms with E-state index in [9.17, 15) is 8.42 Å². The smallest absolute Gasteiger partial charge is 0.218 e. The second-order valence-corrected chi connectivity index (χ2v) is 7.09. The van der Waals surface area contributed by atoms with E-state index in [-0.39, 0.29) is 11.9 Å². The lowest BCUT2D eigenvalue weighted by molar-refractivity contribution is 0.0752. The average Bonchev–Trinajstić information content (AvgIpc) is 2.64. The fraction of sp³-hybridized carbons (Fsp3) is 0.571. The van der Waals surface area contributed by atoms with Gasteiger partial charge in [0, 0.05) is 26.2 Å². The minimum Gasteiger partial charge on any atom is -0.377 e. The van der Waals surface area contributed by atoms with Crippen molar-refractivity contribution in [3.05, 3.63) is 35.4 Å². The van der Waals surface area contributed by atoms with Gasteiger partial charge in [0.05, 0.1) is 11.9 Å². The maximum Gasteiger partial charge on any atom is 0.218 e. The SMILES string of the molecule is CC1CN(S(=O)(=O)Cc2ccccc2CN)CCCO1. The van der Waals surface area contributed by atoms with E-state index in [4.69, 9.17) is 10.5 Å². The number of hydrogen-bond acceptors (Lipinski definition) is 4. The highest BCUT2D eigenvalue weighted by Crippen LogP contribution is 2.17. The van der Waals surface area contributed by atoms with Crippen molar-refractivity contribution < 1.29 is 13.2 Å². The Bertz CT molecular complexity index is 545. The molecule has 2 N–H and O–H groups in total. The van der Waals surface area contributed by atoms with E-state index in [1.165, 1.54) is 4.31 Å². The predicted octanol–water partition coefficient (Wildman–Crippen LogP) is 1.09. The highest BCUT2D eigenvalue weighted by atomic mass is 32.2. The minimum absolute atomic E-state index is 0.00704. The Balaban J connectivity index is 2.17. The van der Waals surface area contributed by atoms with E-state index < -0.39 is 10.0 Å². The summed E-state index contributed by atoms with van der Waals surface area (Å²) in [5.41, 5.74) is 7.34. The highest BCUT2D eigenvalue weighted by Gasteiger charge is 2.26. The van der Waals surface area contributed by atoms with Crippen molar-refractivity contribution in [1.29, 1.82) is 0 Å². The van der Waals surface area contributed by atoms with Gasteiger partial charge in [0.2, 0.25) is 10.0 Å². The summed E-state index contributed by atoms with van der Waals surface area (Å²) in [5, 5.41) is 0. The molecule has 0 bridgehead atoms. The van der Waals surface area contributed by atoms with Crippen LogP contribution in [0.4, 0.5) is 0 Å². The molecule has 1 atom stereocenters. The molecule has 1 heterocycles. The van der Waals surface area contributed by atoms with Crippen molar-refractivity contribution in [2.75, 3.05) is 19.7 Å². The van der Waals surface area contributed by atoms with Crippen LogP contribution >= 0.6 is 0 Å². The van der Waals surface area contributed by atoms with Crippen molar-refractivity contribution in [1.82, 2.24) is 4.31 Å². The third-order valence-corrected chi connectivity index (χ3v) is 5.28. The van der Waals surface area contributed by atoms with Crippen molar-refractivity contribution in [3.63, 3.8) is 0 Å². The summed E-state index contributed by atoms with van der Waals surface area (Å²) in [7, 11) is -3.33. The number of nitrogens with two attached hydrogens (primary N) is 1. The average molecular weight is 298 g/mol.